The van der Waals surface area contributed by atoms with E-state index in [2.05, 4.69) is 208 Å². The van der Waals surface area contributed by atoms with Gasteiger partial charge in [0.1, 0.15) is 6.07 Å². The van der Waals surface area contributed by atoms with Gasteiger partial charge in [-0.1, -0.05) is 164 Å². The van der Waals surface area contributed by atoms with Gasteiger partial charge in [-0.25, -0.2) is 15.0 Å². The van der Waals surface area contributed by atoms with Crippen LogP contribution in [0.5, 0.6) is 0 Å². The van der Waals surface area contributed by atoms with E-state index in [0.717, 1.165) is 96.1 Å². The SMILES string of the molecule is N#Cc1c(-c2ccc(-c3nc(-c4ccccc4)nc(-c4ccccc4)n3)c(N3c4ccccc4N(c4ccccc4)c4ccccc43)c2)cccc1N1c2ccccc2N(c2ccccc2)c2ccccc21. The van der Waals surface area contributed by atoms with Crippen LogP contribution in [0.2, 0.25) is 0 Å². The fourth-order valence-corrected chi connectivity index (χ4v) is 10.2. The third-order valence-electron chi connectivity index (χ3n) is 13.4. The second-order valence-corrected chi connectivity index (χ2v) is 17.5. The van der Waals surface area contributed by atoms with Gasteiger partial charge in [-0.05, 0) is 96.6 Å². The normalized spacial score (nSPS) is 12.3. The van der Waals surface area contributed by atoms with Crippen LogP contribution in [0.25, 0.3) is 45.3 Å². The number of rotatable bonds is 8. The number of para-hydroxylation sites is 10. The molecule has 0 aliphatic carbocycles. The van der Waals surface area contributed by atoms with Crippen LogP contribution in [0.3, 0.4) is 0 Å². The van der Waals surface area contributed by atoms with E-state index in [0.29, 0.717) is 23.0 Å². The van der Waals surface area contributed by atoms with Gasteiger partial charge < -0.3 is 19.6 Å². The summed E-state index contributed by atoms with van der Waals surface area (Å²) in [6, 6.07) is 90.1. The molecule has 0 atom stereocenters. The van der Waals surface area contributed by atoms with Crippen molar-refractivity contribution in [3.8, 4) is 51.4 Å². The molecule has 2 aliphatic heterocycles. The summed E-state index contributed by atoms with van der Waals surface area (Å²) in [4.78, 5) is 24.8. The third-order valence-corrected chi connectivity index (χ3v) is 13.4. The molecule has 3 heterocycles. The first-order valence-corrected chi connectivity index (χ1v) is 23.9. The number of fused-ring (bicyclic) bond motifs is 4. The van der Waals surface area contributed by atoms with Crippen LogP contribution in [0.4, 0.5) is 68.2 Å². The molecule has 0 amide bonds. The molecule has 0 bridgehead atoms. The summed E-state index contributed by atoms with van der Waals surface area (Å²) in [5, 5.41) is 11.5. The van der Waals surface area contributed by atoms with Crippen molar-refractivity contribution in [2.75, 3.05) is 19.6 Å². The Bertz CT molecular complexity index is 3700. The van der Waals surface area contributed by atoms with Crippen LogP contribution in [0, 0.1) is 11.3 Å². The van der Waals surface area contributed by atoms with Crippen LogP contribution in [-0.2, 0) is 0 Å². The van der Waals surface area contributed by atoms with E-state index in [1.165, 1.54) is 0 Å². The van der Waals surface area contributed by atoms with Gasteiger partial charge in [0.2, 0.25) is 0 Å². The summed E-state index contributed by atoms with van der Waals surface area (Å²) < 4.78 is 0. The number of nitriles is 1. The molecule has 1 aromatic heterocycles. The quantitative estimate of drug-likeness (QED) is 0.149. The number of benzene rings is 10. The summed E-state index contributed by atoms with van der Waals surface area (Å²) in [6.45, 7) is 0. The van der Waals surface area contributed by atoms with E-state index in [4.69, 9.17) is 15.0 Å². The smallest absolute Gasteiger partial charge is 0.166 e. The molecule has 0 saturated heterocycles. The minimum Gasteiger partial charge on any atom is -0.306 e. The summed E-state index contributed by atoms with van der Waals surface area (Å²) in [5.74, 6) is 1.65. The van der Waals surface area contributed by atoms with Crippen molar-refractivity contribution < 1.29 is 0 Å². The molecule has 0 radical (unpaired) electrons. The van der Waals surface area contributed by atoms with Gasteiger partial charge in [-0.15, -0.1) is 0 Å². The minimum atomic E-state index is 0.517. The average molecular weight is 923 g/mol. The first kappa shape index (κ1) is 42.0. The zero-order valence-corrected chi connectivity index (χ0v) is 38.8. The maximum atomic E-state index is 11.5. The molecule has 72 heavy (non-hydrogen) atoms. The molecular weight excluding hydrogens is 881 g/mol. The van der Waals surface area contributed by atoms with Gasteiger partial charge in [-0.2, -0.15) is 5.26 Å². The molecule has 0 fully saturated rings. The van der Waals surface area contributed by atoms with E-state index >= 15 is 0 Å². The van der Waals surface area contributed by atoms with Gasteiger partial charge in [0.15, 0.2) is 17.5 Å². The zero-order chi connectivity index (χ0) is 48.0. The summed E-state index contributed by atoms with van der Waals surface area (Å²) in [6.07, 6.45) is 0. The Labute approximate surface area is 417 Å². The number of hydrogen-bond acceptors (Lipinski definition) is 8. The van der Waals surface area contributed by atoms with Crippen molar-refractivity contribution in [2.24, 2.45) is 0 Å². The van der Waals surface area contributed by atoms with Gasteiger partial charge >= 0.3 is 0 Å². The second kappa shape index (κ2) is 17.8. The molecule has 8 nitrogen and oxygen atoms in total. The predicted molar refractivity (Wildman–Crippen MR) is 292 cm³/mol. The maximum Gasteiger partial charge on any atom is 0.166 e. The third kappa shape index (κ3) is 7.11. The minimum absolute atomic E-state index is 0.517. The van der Waals surface area contributed by atoms with Crippen molar-refractivity contribution >= 4 is 68.2 Å². The number of hydrogen-bond donors (Lipinski definition) is 0. The molecule has 11 aromatic rings. The van der Waals surface area contributed by atoms with E-state index in [1.54, 1.807) is 0 Å². The summed E-state index contributed by atoms with van der Waals surface area (Å²) in [7, 11) is 0. The lowest BCUT2D eigenvalue weighted by molar-refractivity contribution is 1.07. The predicted octanol–water partition coefficient (Wildman–Crippen LogP) is 16.9. The van der Waals surface area contributed by atoms with Crippen molar-refractivity contribution in [3.63, 3.8) is 0 Å². The average Bonchev–Trinajstić information content (AvgIpc) is 3.46. The monoisotopic (exact) mass is 922 g/mol. The number of aromatic nitrogens is 3. The Hall–Kier alpha value is -10.1. The number of anilines is 12. The topological polar surface area (TPSA) is 75.4 Å². The highest BCUT2D eigenvalue weighted by Crippen LogP contribution is 2.57. The fourth-order valence-electron chi connectivity index (χ4n) is 10.2. The highest BCUT2D eigenvalue weighted by Gasteiger charge is 2.34. The van der Waals surface area contributed by atoms with Gasteiger partial charge in [0, 0.05) is 33.6 Å². The Morgan fingerprint density at radius 1 is 0.264 bits per heavy atom. The van der Waals surface area contributed by atoms with Gasteiger partial charge in [0.25, 0.3) is 0 Å². The number of nitrogens with zero attached hydrogens (tertiary/aromatic N) is 8. The van der Waals surface area contributed by atoms with Crippen LogP contribution in [0.15, 0.2) is 255 Å². The maximum absolute atomic E-state index is 11.5. The van der Waals surface area contributed by atoms with Gasteiger partial charge in [-0.3, -0.25) is 0 Å². The lowest BCUT2D eigenvalue weighted by Crippen LogP contribution is -2.24. The zero-order valence-electron chi connectivity index (χ0n) is 38.8. The fraction of sp³-hybridized carbons (Fsp3) is 0. The van der Waals surface area contributed by atoms with E-state index in [9.17, 15) is 5.26 Å². The lowest BCUT2D eigenvalue weighted by atomic mass is 9.94. The van der Waals surface area contributed by atoms with Crippen LogP contribution in [-0.4, -0.2) is 15.0 Å². The van der Waals surface area contributed by atoms with Crippen molar-refractivity contribution in [1.82, 2.24) is 15.0 Å². The van der Waals surface area contributed by atoms with Crippen molar-refractivity contribution in [2.45, 2.75) is 0 Å². The molecule has 10 aromatic carbocycles. The van der Waals surface area contributed by atoms with Gasteiger partial charge in [0.05, 0.1) is 62.4 Å². The molecule has 338 valence electrons. The summed E-state index contributed by atoms with van der Waals surface area (Å²) >= 11 is 0. The van der Waals surface area contributed by atoms with E-state index in [-0.39, 0.29) is 0 Å². The highest BCUT2D eigenvalue weighted by molar-refractivity contribution is 6.06. The summed E-state index contributed by atoms with van der Waals surface area (Å²) in [5.41, 5.74) is 16.4. The van der Waals surface area contributed by atoms with Crippen LogP contribution in [0.1, 0.15) is 5.56 Å². The highest BCUT2D eigenvalue weighted by atomic mass is 15.3. The first-order chi connectivity index (χ1) is 35.7. The van der Waals surface area contributed by atoms with Crippen molar-refractivity contribution in [3.05, 3.63) is 260 Å². The Balaban J connectivity index is 1.05. The van der Waals surface area contributed by atoms with Crippen LogP contribution < -0.4 is 19.6 Å². The lowest BCUT2D eigenvalue weighted by Gasteiger charge is -2.41. The van der Waals surface area contributed by atoms with Crippen molar-refractivity contribution in [1.29, 1.82) is 5.26 Å². The molecular formula is C64H42N8. The largest absolute Gasteiger partial charge is 0.306 e. The molecule has 0 N–H and O–H groups in total. The Morgan fingerprint density at radius 3 is 1.03 bits per heavy atom. The molecule has 13 rings (SSSR count). The molecule has 0 unspecified atom stereocenters. The molecule has 8 heteroatoms. The molecule has 0 saturated carbocycles. The second-order valence-electron chi connectivity index (χ2n) is 17.5. The van der Waals surface area contributed by atoms with E-state index in [1.807, 2.05) is 72.8 Å². The molecule has 2 aliphatic rings. The molecule has 0 spiro atoms. The Morgan fingerprint density at radius 2 is 0.611 bits per heavy atom. The van der Waals surface area contributed by atoms with Crippen LogP contribution >= 0.6 is 0 Å². The first-order valence-electron chi connectivity index (χ1n) is 23.9. The Kier molecular flexibility index (Phi) is 10.4. The van der Waals surface area contributed by atoms with E-state index < -0.39 is 0 Å². The standard InChI is InChI=1S/C64H42N8/c65-43-51-49(30-21-39-52(51)71-57-35-17-13-31-53(57)69(47-26-9-3-10-27-47)54-32-14-18-36-58(54)71)46-40-41-50(64-67-62(44-22-5-1-6-23-44)66-63(68-64)45-24-7-2-8-25-45)61(42-46)72-59-37-19-15-33-55(59)70(48-28-11-4-12-29-48)56-34-16-20-38-60(56)72/h1-42H.